The Morgan fingerprint density at radius 1 is 1.13 bits per heavy atom. The van der Waals surface area contributed by atoms with Crippen molar-refractivity contribution in [2.45, 2.75) is 19.8 Å². The first kappa shape index (κ1) is 26.2. The summed E-state index contributed by atoms with van der Waals surface area (Å²) in [6, 6.07) is 10.3. The van der Waals surface area contributed by atoms with Crippen LogP contribution in [-0.2, 0) is 11.2 Å². The van der Waals surface area contributed by atoms with Crippen LogP contribution in [0.5, 0.6) is 0 Å². The zero-order valence-corrected chi connectivity index (χ0v) is 21.4. The molecule has 0 aliphatic heterocycles. The number of anilines is 1. The zero-order chi connectivity index (χ0) is 21.1. The molecule has 0 saturated heterocycles. The molecule has 2 rings (SSSR count). The van der Waals surface area contributed by atoms with Crippen molar-refractivity contribution in [2.24, 2.45) is 4.99 Å². The lowest BCUT2D eigenvalue weighted by atomic mass is 10.3. The minimum Gasteiger partial charge on any atom is -0.375 e. The second-order valence-corrected chi connectivity index (χ2v) is 8.35. The van der Waals surface area contributed by atoms with Crippen molar-refractivity contribution in [3.8, 4) is 0 Å². The fraction of sp³-hybridized carbons (Fsp3) is 0.476. The molecule has 0 aliphatic carbocycles. The van der Waals surface area contributed by atoms with Gasteiger partial charge in [-0.15, -0.1) is 35.3 Å². The van der Waals surface area contributed by atoms with Gasteiger partial charge in [-0.25, -0.2) is 9.98 Å². The van der Waals surface area contributed by atoms with Gasteiger partial charge in [0.05, 0.1) is 5.01 Å². The molecule has 0 aliphatic rings. The number of rotatable bonds is 10. The maximum atomic E-state index is 11.9. The number of likely N-dealkylation sites (N-methyl/N-ethyl adjacent to an activating group) is 1. The number of hydrogen-bond acceptors (Lipinski definition) is 5. The normalized spacial score (nSPS) is 10.9. The second-order valence-electron chi connectivity index (χ2n) is 7.03. The summed E-state index contributed by atoms with van der Waals surface area (Å²) in [5.74, 6) is 0.640. The summed E-state index contributed by atoms with van der Waals surface area (Å²) >= 11 is 1.71. The molecule has 9 heteroatoms. The van der Waals surface area contributed by atoms with Crippen LogP contribution < -0.4 is 15.5 Å². The van der Waals surface area contributed by atoms with Crippen molar-refractivity contribution in [3.05, 3.63) is 46.4 Å². The van der Waals surface area contributed by atoms with E-state index in [9.17, 15) is 4.79 Å². The van der Waals surface area contributed by atoms with E-state index in [1.54, 1.807) is 30.3 Å². The first-order valence-electron chi connectivity index (χ1n) is 9.85. The van der Waals surface area contributed by atoms with E-state index in [0.717, 1.165) is 37.5 Å². The number of benzene rings is 1. The highest BCUT2D eigenvalue weighted by Gasteiger charge is 2.06. The molecule has 30 heavy (non-hydrogen) atoms. The van der Waals surface area contributed by atoms with E-state index in [1.807, 2.05) is 24.4 Å². The standard InChI is InChI=1S/C21H32N6OS.HI/c1-17-15-24-19(29-17)11-13-23-21(25-16-20(28)26(2)3)22-12-8-14-27(4)18-9-6-5-7-10-18;/h5-7,9-10,15H,8,11-14,16H2,1-4H3,(H2,22,23,25);1H. The van der Waals surface area contributed by atoms with Gasteiger partial charge in [0.25, 0.3) is 0 Å². The van der Waals surface area contributed by atoms with E-state index in [1.165, 1.54) is 10.6 Å². The largest absolute Gasteiger partial charge is 0.375 e. The molecule has 0 radical (unpaired) electrons. The Balaban J connectivity index is 0.00000450. The Morgan fingerprint density at radius 2 is 1.83 bits per heavy atom. The van der Waals surface area contributed by atoms with E-state index < -0.39 is 0 Å². The molecule has 1 aromatic heterocycles. The topological polar surface area (TPSA) is 72.9 Å². The number of aryl methyl sites for hydroxylation is 1. The molecule has 0 fully saturated rings. The summed E-state index contributed by atoms with van der Waals surface area (Å²) in [5, 5.41) is 7.75. The first-order valence-corrected chi connectivity index (χ1v) is 10.7. The summed E-state index contributed by atoms with van der Waals surface area (Å²) in [4.78, 5) is 25.7. The molecular weight excluding hydrogens is 511 g/mol. The minimum atomic E-state index is -0.0227. The summed E-state index contributed by atoms with van der Waals surface area (Å²) in [6.07, 6.45) is 3.68. The van der Waals surface area contributed by atoms with Crippen LogP contribution in [0.3, 0.4) is 0 Å². The number of nitrogens with zero attached hydrogens (tertiary/aromatic N) is 4. The molecular formula is C21H33IN6OS. The number of aromatic nitrogens is 1. The molecule has 1 amide bonds. The van der Waals surface area contributed by atoms with Gasteiger partial charge in [-0.05, 0) is 25.5 Å². The Morgan fingerprint density at radius 3 is 2.47 bits per heavy atom. The number of thiazole rings is 1. The van der Waals surface area contributed by atoms with Gasteiger partial charge >= 0.3 is 0 Å². The van der Waals surface area contributed by atoms with Crippen molar-refractivity contribution in [1.29, 1.82) is 0 Å². The van der Waals surface area contributed by atoms with Crippen LogP contribution in [0.2, 0.25) is 0 Å². The predicted molar refractivity (Wildman–Crippen MR) is 137 cm³/mol. The van der Waals surface area contributed by atoms with Gasteiger partial charge in [-0.3, -0.25) is 4.79 Å². The maximum Gasteiger partial charge on any atom is 0.243 e. The number of nitrogens with one attached hydrogen (secondary N) is 2. The highest BCUT2D eigenvalue weighted by atomic mass is 127. The highest BCUT2D eigenvalue weighted by molar-refractivity contribution is 14.0. The third-order valence-corrected chi connectivity index (χ3v) is 5.30. The number of guanidine groups is 1. The van der Waals surface area contributed by atoms with E-state index in [4.69, 9.17) is 0 Å². The predicted octanol–water partition coefficient (Wildman–Crippen LogP) is 2.76. The lowest BCUT2D eigenvalue weighted by molar-refractivity contribution is -0.127. The van der Waals surface area contributed by atoms with E-state index in [0.29, 0.717) is 5.96 Å². The number of para-hydroxylation sites is 1. The number of amides is 1. The van der Waals surface area contributed by atoms with Crippen molar-refractivity contribution in [2.75, 3.05) is 52.2 Å². The van der Waals surface area contributed by atoms with Gasteiger partial charge < -0.3 is 20.4 Å². The van der Waals surface area contributed by atoms with Crippen LogP contribution in [-0.4, -0.2) is 69.1 Å². The van der Waals surface area contributed by atoms with Gasteiger partial charge in [0.15, 0.2) is 5.96 Å². The molecule has 166 valence electrons. The highest BCUT2D eigenvalue weighted by Crippen LogP contribution is 2.11. The van der Waals surface area contributed by atoms with Crippen LogP contribution in [0.25, 0.3) is 0 Å². The molecule has 0 atom stereocenters. The Labute approximate surface area is 201 Å². The molecule has 0 saturated carbocycles. The average molecular weight is 545 g/mol. The van der Waals surface area contributed by atoms with E-state index >= 15 is 0 Å². The van der Waals surface area contributed by atoms with Crippen molar-refractivity contribution < 1.29 is 4.79 Å². The van der Waals surface area contributed by atoms with Crippen molar-refractivity contribution >= 4 is 52.9 Å². The monoisotopic (exact) mass is 544 g/mol. The maximum absolute atomic E-state index is 11.9. The third kappa shape index (κ3) is 9.75. The summed E-state index contributed by atoms with van der Waals surface area (Å²) in [5.41, 5.74) is 1.20. The molecule has 1 heterocycles. The second kappa shape index (κ2) is 14.2. The number of aliphatic imine (C=N–C) groups is 1. The lowest BCUT2D eigenvalue weighted by Crippen LogP contribution is -2.40. The van der Waals surface area contributed by atoms with Crippen LogP contribution in [0.15, 0.2) is 41.5 Å². The van der Waals surface area contributed by atoms with Gasteiger partial charge in [0, 0.05) is 64.0 Å². The van der Waals surface area contributed by atoms with Crippen molar-refractivity contribution in [1.82, 2.24) is 20.5 Å². The minimum absolute atomic E-state index is 0. The quantitative estimate of drug-likeness (QED) is 0.208. The number of hydrogen-bond donors (Lipinski definition) is 2. The number of halogens is 1. The summed E-state index contributed by atoms with van der Waals surface area (Å²) < 4.78 is 0. The fourth-order valence-electron chi connectivity index (χ4n) is 2.60. The molecule has 7 nitrogen and oxygen atoms in total. The van der Waals surface area contributed by atoms with E-state index in [-0.39, 0.29) is 36.4 Å². The Hall–Kier alpha value is -1.88. The molecule has 0 unspecified atom stereocenters. The van der Waals surface area contributed by atoms with E-state index in [2.05, 4.69) is 51.6 Å². The van der Waals surface area contributed by atoms with Crippen molar-refractivity contribution in [3.63, 3.8) is 0 Å². The van der Waals surface area contributed by atoms with Gasteiger partial charge in [0.2, 0.25) is 5.91 Å². The molecule has 1 aromatic carbocycles. The SMILES string of the molecule is Cc1cnc(CCNC(=NCC(=O)N(C)C)NCCCN(C)c2ccccc2)s1.I. The van der Waals surface area contributed by atoms with Gasteiger partial charge in [-0.2, -0.15) is 0 Å². The van der Waals surface area contributed by atoms with Gasteiger partial charge in [0.1, 0.15) is 6.54 Å². The fourth-order valence-corrected chi connectivity index (χ4v) is 3.39. The molecule has 2 aromatic rings. The number of carbonyl (C=O) groups excluding carboxylic acids is 1. The molecule has 0 bridgehead atoms. The zero-order valence-electron chi connectivity index (χ0n) is 18.2. The lowest BCUT2D eigenvalue weighted by Gasteiger charge is -2.20. The van der Waals surface area contributed by atoms with Gasteiger partial charge in [-0.1, -0.05) is 18.2 Å². The van der Waals surface area contributed by atoms with Crippen LogP contribution in [0.1, 0.15) is 16.3 Å². The van der Waals surface area contributed by atoms with Crippen LogP contribution >= 0.6 is 35.3 Å². The Kier molecular flexibility index (Phi) is 12.4. The average Bonchev–Trinajstić information content (AvgIpc) is 3.13. The summed E-state index contributed by atoms with van der Waals surface area (Å²) in [7, 11) is 5.57. The third-order valence-electron chi connectivity index (χ3n) is 4.33. The molecule has 2 N–H and O–H groups in total. The first-order chi connectivity index (χ1) is 14.0. The Bertz CT molecular complexity index is 781. The smallest absolute Gasteiger partial charge is 0.243 e. The van der Waals surface area contributed by atoms with Crippen LogP contribution in [0, 0.1) is 6.92 Å². The summed E-state index contributed by atoms with van der Waals surface area (Å²) in [6.45, 7) is 4.61. The molecule has 0 spiro atoms. The van der Waals surface area contributed by atoms with Crippen LogP contribution in [0.4, 0.5) is 5.69 Å². The number of carbonyl (C=O) groups is 1.